The van der Waals surface area contributed by atoms with Crippen LogP contribution < -0.4 is 5.32 Å². The summed E-state index contributed by atoms with van der Waals surface area (Å²) in [6.45, 7) is 0.286. The van der Waals surface area contributed by atoms with E-state index in [2.05, 4.69) is 5.32 Å². The van der Waals surface area contributed by atoms with Crippen LogP contribution >= 0.6 is 0 Å². The number of nitrogens with one attached hydrogen (secondary N) is 1. The van der Waals surface area contributed by atoms with Crippen LogP contribution in [0.1, 0.15) is 37.3 Å². The van der Waals surface area contributed by atoms with Gasteiger partial charge in [0.25, 0.3) is 5.91 Å². The van der Waals surface area contributed by atoms with Crippen molar-refractivity contribution in [1.29, 1.82) is 0 Å². The smallest absolute Gasteiger partial charge is 0.315 e. The van der Waals surface area contributed by atoms with E-state index in [1.165, 1.54) is 11.2 Å². The minimum absolute atomic E-state index is 0.266. The number of benzene rings is 1. The van der Waals surface area contributed by atoms with Crippen LogP contribution in [0.5, 0.6) is 0 Å². The zero-order valence-corrected chi connectivity index (χ0v) is 15.7. The first-order valence-electron chi connectivity index (χ1n) is 9.97. The lowest BCUT2D eigenvalue weighted by molar-refractivity contribution is -0.151. The van der Waals surface area contributed by atoms with Gasteiger partial charge in [-0.2, -0.15) is 8.78 Å². The second-order valence-corrected chi connectivity index (χ2v) is 7.91. The first kappa shape index (κ1) is 18.3. The monoisotopic (exact) mass is 401 g/mol. The number of furan rings is 1. The van der Waals surface area contributed by atoms with E-state index in [0.717, 1.165) is 24.6 Å². The van der Waals surface area contributed by atoms with Crippen molar-refractivity contribution in [1.82, 2.24) is 10.2 Å². The molecule has 5 rings (SSSR count). The summed E-state index contributed by atoms with van der Waals surface area (Å²) in [7, 11) is 0. The van der Waals surface area contributed by atoms with Crippen LogP contribution in [0.2, 0.25) is 0 Å². The van der Waals surface area contributed by atoms with Crippen molar-refractivity contribution in [2.75, 3.05) is 6.54 Å². The maximum atomic E-state index is 13.7. The molecule has 2 aromatic rings. The molecule has 1 saturated carbocycles. The summed E-state index contributed by atoms with van der Waals surface area (Å²) in [6, 6.07) is 5.59. The Kier molecular flexibility index (Phi) is 4.37. The highest BCUT2D eigenvalue weighted by Gasteiger charge is 2.51. The minimum atomic E-state index is -3.15. The van der Waals surface area contributed by atoms with E-state index in [1.54, 1.807) is 18.2 Å². The number of carbonyl (C=O) groups excluding carboxylic acids is 2. The Hall–Kier alpha value is -2.77. The van der Waals surface area contributed by atoms with Crippen LogP contribution in [0, 0.1) is 5.92 Å². The summed E-state index contributed by atoms with van der Waals surface area (Å²) in [5.41, 5.74) is 1.73. The first-order chi connectivity index (χ1) is 14.1. The van der Waals surface area contributed by atoms with Crippen molar-refractivity contribution in [2.24, 2.45) is 10.9 Å². The maximum Gasteiger partial charge on any atom is 0.315 e. The van der Waals surface area contributed by atoms with Crippen molar-refractivity contribution >= 4 is 28.5 Å². The molecule has 2 unspecified atom stereocenters. The zero-order chi connectivity index (χ0) is 20.1. The maximum absolute atomic E-state index is 13.7. The van der Waals surface area contributed by atoms with Gasteiger partial charge in [-0.1, -0.05) is 31.0 Å². The molecule has 1 aromatic heterocycles. The van der Waals surface area contributed by atoms with E-state index >= 15 is 0 Å². The van der Waals surface area contributed by atoms with Gasteiger partial charge >= 0.3 is 6.43 Å². The largest absolute Gasteiger partial charge is 0.464 e. The van der Waals surface area contributed by atoms with Gasteiger partial charge in [-0.3, -0.25) is 14.6 Å². The van der Waals surface area contributed by atoms with Gasteiger partial charge in [0.05, 0.1) is 30.9 Å². The highest BCUT2D eigenvalue weighted by atomic mass is 19.3. The quantitative estimate of drug-likeness (QED) is 0.840. The van der Waals surface area contributed by atoms with Gasteiger partial charge in [0.2, 0.25) is 5.91 Å². The summed E-state index contributed by atoms with van der Waals surface area (Å²) in [5, 5.41) is 3.59. The Labute approximate surface area is 165 Å². The average Bonchev–Trinajstić information content (AvgIpc) is 3.30. The molecule has 1 N–H and O–H groups in total. The molecular formula is C21H21F2N3O3. The highest BCUT2D eigenvalue weighted by molar-refractivity contribution is 6.12. The standard InChI is InChI=1S/C21H21F2N3O3/c22-19(23)21(28)26-15-7-2-1-6-13(15)25-14-10-24-20(27)16(14)17(26)12-5-3-4-11-8-9-29-18(11)12/h3-5,8-9,13,15-17,19H,1-2,6-7,10H2,(H,24,27)/t13-,15?,16?,17-/m1/s1. The third kappa shape index (κ3) is 2.84. The van der Waals surface area contributed by atoms with E-state index < -0.39 is 30.3 Å². The van der Waals surface area contributed by atoms with E-state index in [-0.39, 0.29) is 18.5 Å². The third-order valence-corrected chi connectivity index (χ3v) is 6.35. The number of carbonyl (C=O) groups is 2. The van der Waals surface area contributed by atoms with E-state index in [9.17, 15) is 18.4 Å². The summed E-state index contributed by atoms with van der Waals surface area (Å²) >= 11 is 0. The molecule has 1 saturated heterocycles. The van der Waals surface area contributed by atoms with Crippen LogP contribution in [0.15, 0.2) is 39.9 Å². The Bertz CT molecular complexity index is 1000. The number of rotatable bonds is 2. The second kappa shape index (κ2) is 6.93. The molecule has 152 valence electrons. The van der Waals surface area contributed by atoms with Crippen LogP contribution in [-0.2, 0) is 9.59 Å². The topological polar surface area (TPSA) is 74.9 Å². The number of aliphatic imine (C=N–C) groups is 1. The van der Waals surface area contributed by atoms with E-state index in [0.29, 0.717) is 23.3 Å². The number of alkyl halides is 2. The summed E-state index contributed by atoms with van der Waals surface area (Å²) in [4.78, 5) is 31.7. The van der Waals surface area contributed by atoms with Crippen LogP contribution in [-0.4, -0.2) is 47.5 Å². The van der Waals surface area contributed by atoms with Crippen molar-refractivity contribution in [3.05, 3.63) is 36.1 Å². The average molecular weight is 401 g/mol. The van der Waals surface area contributed by atoms with Gasteiger partial charge in [0, 0.05) is 16.7 Å². The number of halogens is 2. The molecule has 2 aliphatic heterocycles. The Balaban J connectivity index is 1.74. The molecule has 4 atom stereocenters. The molecule has 0 bridgehead atoms. The lowest BCUT2D eigenvalue weighted by Crippen LogP contribution is -2.52. The Morgan fingerprint density at radius 2 is 2.07 bits per heavy atom. The number of amides is 2. The fourth-order valence-electron chi connectivity index (χ4n) is 5.14. The lowest BCUT2D eigenvalue weighted by Gasteiger charge is -2.42. The first-order valence-corrected chi connectivity index (χ1v) is 9.97. The number of hydrogen-bond donors (Lipinski definition) is 1. The number of fused-ring (bicyclic) bond motifs is 3. The zero-order valence-electron chi connectivity index (χ0n) is 15.7. The van der Waals surface area contributed by atoms with Crippen LogP contribution in [0.25, 0.3) is 11.0 Å². The molecule has 0 radical (unpaired) electrons. The molecule has 2 fully saturated rings. The second-order valence-electron chi connectivity index (χ2n) is 7.91. The molecule has 0 spiro atoms. The highest BCUT2D eigenvalue weighted by Crippen LogP contribution is 2.43. The number of para-hydroxylation sites is 1. The van der Waals surface area contributed by atoms with Crippen LogP contribution in [0.4, 0.5) is 8.78 Å². The van der Waals surface area contributed by atoms with Gasteiger partial charge in [-0.15, -0.1) is 0 Å². The van der Waals surface area contributed by atoms with Crippen molar-refractivity contribution in [3.63, 3.8) is 0 Å². The molecule has 3 aliphatic rings. The van der Waals surface area contributed by atoms with Crippen LogP contribution in [0.3, 0.4) is 0 Å². The minimum Gasteiger partial charge on any atom is -0.464 e. The van der Waals surface area contributed by atoms with Gasteiger partial charge in [0.15, 0.2) is 0 Å². The number of hydrogen-bond acceptors (Lipinski definition) is 4. The van der Waals surface area contributed by atoms with Gasteiger partial charge in [0.1, 0.15) is 11.5 Å². The normalized spacial score (nSPS) is 29.3. The molecule has 1 aliphatic carbocycles. The molecule has 1 aromatic carbocycles. The van der Waals surface area contributed by atoms with Crippen molar-refractivity contribution in [2.45, 2.75) is 50.2 Å². The fraction of sp³-hybridized carbons (Fsp3) is 0.476. The van der Waals surface area contributed by atoms with Gasteiger partial charge in [-0.05, 0) is 18.9 Å². The van der Waals surface area contributed by atoms with Crippen molar-refractivity contribution in [3.8, 4) is 0 Å². The third-order valence-electron chi connectivity index (χ3n) is 6.35. The molecule has 8 heteroatoms. The van der Waals surface area contributed by atoms with E-state index in [1.807, 2.05) is 6.07 Å². The Morgan fingerprint density at radius 3 is 2.90 bits per heavy atom. The predicted octanol–water partition coefficient (Wildman–Crippen LogP) is 3.08. The van der Waals surface area contributed by atoms with E-state index in [4.69, 9.17) is 9.41 Å². The molecule has 3 heterocycles. The lowest BCUT2D eigenvalue weighted by atomic mass is 9.85. The van der Waals surface area contributed by atoms with Crippen molar-refractivity contribution < 1.29 is 22.8 Å². The Morgan fingerprint density at radius 1 is 1.24 bits per heavy atom. The number of nitrogens with zero attached hydrogens (tertiary/aromatic N) is 2. The summed E-state index contributed by atoms with van der Waals surface area (Å²) < 4.78 is 33.1. The predicted molar refractivity (Wildman–Crippen MR) is 102 cm³/mol. The summed E-state index contributed by atoms with van der Waals surface area (Å²) in [6.07, 6.45) is 1.46. The fourth-order valence-corrected chi connectivity index (χ4v) is 5.14. The van der Waals surface area contributed by atoms with Gasteiger partial charge in [-0.25, -0.2) is 0 Å². The SMILES string of the molecule is O=C1NCC2=N[C@@H]3CCCCC3N(C(=O)C(F)F)[C@H](c3cccc4ccoc34)C12. The summed E-state index contributed by atoms with van der Waals surface area (Å²) in [5.74, 6) is -2.33. The molecule has 2 amide bonds. The molecule has 29 heavy (non-hydrogen) atoms. The van der Waals surface area contributed by atoms with Gasteiger partial charge < -0.3 is 14.6 Å². The molecule has 6 nitrogen and oxygen atoms in total. The molecular weight excluding hydrogens is 380 g/mol.